The largest absolute Gasteiger partial charge is 0.396 e. The number of ether oxygens (including phenoxy) is 2. The molecule has 0 aromatic carbocycles. The van der Waals surface area contributed by atoms with Crippen LogP contribution in [0.5, 0.6) is 0 Å². The number of rotatable bonds is 9. The third-order valence-electron chi connectivity index (χ3n) is 3.19. The second kappa shape index (κ2) is 8.07. The average Bonchev–Trinajstić information content (AvgIpc) is 2.79. The van der Waals surface area contributed by atoms with Gasteiger partial charge in [-0.1, -0.05) is 0 Å². The fourth-order valence-electron chi connectivity index (χ4n) is 1.93. The first-order chi connectivity index (χ1) is 8.53. The molecule has 18 heavy (non-hydrogen) atoms. The first-order valence-corrected chi connectivity index (χ1v) is 6.77. The molecule has 5 heteroatoms. The second-order valence-electron chi connectivity index (χ2n) is 5.56. The maximum atomic E-state index is 9.76. The van der Waals surface area contributed by atoms with Crippen LogP contribution < -0.4 is 5.32 Å². The summed E-state index contributed by atoms with van der Waals surface area (Å²) in [6.07, 6.45) is 2.50. The molecule has 0 amide bonds. The Bertz CT molecular complexity index is 217. The number of aliphatic hydroxyl groups is 2. The smallest absolute Gasteiger partial charge is 0.0897 e. The zero-order valence-electron chi connectivity index (χ0n) is 11.5. The van der Waals surface area contributed by atoms with Gasteiger partial charge < -0.3 is 25.0 Å². The van der Waals surface area contributed by atoms with Gasteiger partial charge in [0.15, 0.2) is 0 Å². The minimum atomic E-state index is -0.524. The first-order valence-electron chi connectivity index (χ1n) is 6.77. The van der Waals surface area contributed by atoms with Crippen LogP contribution in [0.2, 0.25) is 0 Å². The Hall–Kier alpha value is -0.200. The van der Waals surface area contributed by atoms with E-state index in [4.69, 9.17) is 14.6 Å². The van der Waals surface area contributed by atoms with Crippen molar-refractivity contribution in [2.75, 3.05) is 33.0 Å². The molecule has 1 aliphatic heterocycles. The molecule has 0 aliphatic carbocycles. The summed E-state index contributed by atoms with van der Waals surface area (Å²) in [5, 5.41) is 21.9. The summed E-state index contributed by atoms with van der Waals surface area (Å²) in [4.78, 5) is 0. The molecule has 1 aliphatic rings. The van der Waals surface area contributed by atoms with Gasteiger partial charge in [-0.3, -0.25) is 0 Å². The van der Waals surface area contributed by atoms with Crippen molar-refractivity contribution in [3.8, 4) is 0 Å². The van der Waals surface area contributed by atoms with Crippen LogP contribution in [0, 0.1) is 0 Å². The predicted molar refractivity (Wildman–Crippen MR) is 69.6 cm³/mol. The lowest BCUT2D eigenvalue weighted by atomic mass is 10.0. The molecule has 1 heterocycles. The normalized spacial score (nSPS) is 22.3. The Morgan fingerprint density at radius 1 is 1.50 bits per heavy atom. The Kier molecular flexibility index (Phi) is 7.11. The van der Waals surface area contributed by atoms with Gasteiger partial charge in [-0.2, -0.15) is 0 Å². The quantitative estimate of drug-likeness (QED) is 0.556. The standard InChI is InChI=1S/C13H27NO4/c1-13(2,5-6-15)14-8-11(16)9-17-10-12-4-3-7-18-12/h11-12,14-16H,3-10H2,1-2H3. The third kappa shape index (κ3) is 6.66. The second-order valence-corrected chi connectivity index (χ2v) is 5.56. The number of hydrogen-bond donors (Lipinski definition) is 3. The molecular formula is C13H27NO4. The molecule has 0 aromatic heterocycles. The molecule has 1 rings (SSSR count). The van der Waals surface area contributed by atoms with Crippen molar-refractivity contribution in [2.24, 2.45) is 0 Å². The van der Waals surface area contributed by atoms with E-state index in [1.54, 1.807) is 0 Å². The average molecular weight is 261 g/mol. The summed E-state index contributed by atoms with van der Waals surface area (Å²) in [7, 11) is 0. The lowest BCUT2D eigenvalue weighted by Gasteiger charge is -2.27. The van der Waals surface area contributed by atoms with Gasteiger partial charge in [0, 0.05) is 25.3 Å². The molecule has 0 aromatic rings. The van der Waals surface area contributed by atoms with Crippen molar-refractivity contribution < 1.29 is 19.7 Å². The summed E-state index contributed by atoms with van der Waals surface area (Å²) in [6.45, 7) is 6.34. The molecule has 1 saturated heterocycles. The molecule has 3 N–H and O–H groups in total. The summed E-state index contributed by atoms with van der Waals surface area (Å²) >= 11 is 0. The third-order valence-corrected chi connectivity index (χ3v) is 3.19. The van der Waals surface area contributed by atoms with Crippen molar-refractivity contribution in [3.05, 3.63) is 0 Å². The van der Waals surface area contributed by atoms with E-state index in [0.717, 1.165) is 19.4 Å². The fraction of sp³-hybridized carbons (Fsp3) is 1.00. The van der Waals surface area contributed by atoms with Gasteiger partial charge in [0.25, 0.3) is 0 Å². The highest BCUT2D eigenvalue weighted by Crippen LogP contribution is 2.12. The Labute approximate surface area is 109 Å². The number of nitrogens with one attached hydrogen (secondary N) is 1. The zero-order chi connectivity index (χ0) is 13.4. The highest BCUT2D eigenvalue weighted by Gasteiger charge is 2.19. The maximum Gasteiger partial charge on any atom is 0.0897 e. The summed E-state index contributed by atoms with van der Waals surface area (Å²) in [5.41, 5.74) is -0.162. The van der Waals surface area contributed by atoms with Gasteiger partial charge in [-0.25, -0.2) is 0 Å². The van der Waals surface area contributed by atoms with Crippen molar-refractivity contribution in [2.45, 2.75) is 50.9 Å². The highest BCUT2D eigenvalue weighted by atomic mass is 16.5. The molecule has 2 atom stereocenters. The Morgan fingerprint density at radius 3 is 2.89 bits per heavy atom. The van der Waals surface area contributed by atoms with Crippen LogP contribution in [0.4, 0.5) is 0 Å². The molecule has 0 spiro atoms. The van der Waals surface area contributed by atoms with Crippen LogP contribution in [-0.4, -0.2) is 60.9 Å². The van der Waals surface area contributed by atoms with E-state index in [0.29, 0.717) is 26.2 Å². The van der Waals surface area contributed by atoms with E-state index in [1.165, 1.54) is 0 Å². The summed E-state index contributed by atoms with van der Waals surface area (Å²) in [6, 6.07) is 0. The van der Waals surface area contributed by atoms with E-state index in [2.05, 4.69) is 5.32 Å². The molecule has 0 radical (unpaired) electrons. The number of hydrogen-bond acceptors (Lipinski definition) is 5. The van der Waals surface area contributed by atoms with Crippen LogP contribution in [0.15, 0.2) is 0 Å². The van der Waals surface area contributed by atoms with Crippen molar-refractivity contribution in [3.63, 3.8) is 0 Å². The van der Waals surface area contributed by atoms with E-state index in [9.17, 15) is 5.11 Å². The minimum absolute atomic E-state index is 0.144. The van der Waals surface area contributed by atoms with Crippen LogP contribution in [0.25, 0.3) is 0 Å². The maximum absolute atomic E-state index is 9.76. The SMILES string of the molecule is CC(C)(CCO)NCC(O)COCC1CCCO1. The van der Waals surface area contributed by atoms with Crippen LogP contribution in [0.1, 0.15) is 33.1 Å². The van der Waals surface area contributed by atoms with Crippen LogP contribution in [0.3, 0.4) is 0 Å². The van der Waals surface area contributed by atoms with Gasteiger partial charge in [0.2, 0.25) is 0 Å². The van der Waals surface area contributed by atoms with E-state index < -0.39 is 6.10 Å². The number of β-amino-alcohol motifs (C(OH)–C–C–N with tert-alkyl or cyclic N) is 1. The first kappa shape index (κ1) is 15.9. The van der Waals surface area contributed by atoms with Crippen molar-refractivity contribution in [1.82, 2.24) is 5.32 Å². The minimum Gasteiger partial charge on any atom is -0.396 e. The van der Waals surface area contributed by atoms with Crippen molar-refractivity contribution in [1.29, 1.82) is 0 Å². The molecule has 108 valence electrons. The van der Waals surface area contributed by atoms with Gasteiger partial charge in [-0.15, -0.1) is 0 Å². The molecular weight excluding hydrogens is 234 g/mol. The van der Waals surface area contributed by atoms with E-state index >= 15 is 0 Å². The van der Waals surface area contributed by atoms with E-state index in [-0.39, 0.29) is 18.2 Å². The topological polar surface area (TPSA) is 71.0 Å². The van der Waals surface area contributed by atoms with Crippen LogP contribution in [-0.2, 0) is 9.47 Å². The Balaban J connectivity index is 2.04. The monoisotopic (exact) mass is 261 g/mol. The fourth-order valence-corrected chi connectivity index (χ4v) is 1.93. The summed E-state index contributed by atoms with van der Waals surface area (Å²) in [5.74, 6) is 0. The lowest BCUT2D eigenvalue weighted by Crippen LogP contribution is -2.45. The lowest BCUT2D eigenvalue weighted by molar-refractivity contribution is -0.0179. The predicted octanol–water partition coefficient (Wildman–Crippen LogP) is 0.294. The van der Waals surface area contributed by atoms with Gasteiger partial charge in [-0.05, 0) is 33.1 Å². The molecule has 0 bridgehead atoms. The molecule has 2 unspecified atom stereocenters. The van der Waals surface area contributed by atoms with E-state index in [1.807, 2.05) is 13.8 Å². The Morgan fingerprint density at radius 2 is 2.28 bits per heavy atom. The van der Waals surface area contributed by atoms with Gasteiger partial charge >= 0.3 is 0 Å². The molecule has 1 fully saturated rings. The molecule has 5 nitrogen and oxygen atoms in total. The van der Waals surface area contributed by atoms with Gasteiger partial charge in [0.1, 0.15) is 0 Å². The zero-order valence-corrected chi connectivity index (χ0v) is 11.5. The number of aliphatic hydroxyl groups excluding tert-OH is 2. The molecule has 0 saturated carbocycles. The summed E-state index contributed by atoms with van der Waals surface area (Å²) < 4.78 is 10.9. The van der Waals surface area contributed by atoms with Crippen LogP contribution >= 0.6 is 0 Å². The van der Waals surface area contributed by atoms with Crippen molar-refractivity contribution >= 4 is 0 Å². The van der Waals surface area contributed by atoms with Gasteiger partial charge in [0.05, 0.1) is 25.4 Å². The highest BCUT2D eigenvalue weighted by molar-refractivity contribution is 4.78.